The van der Waals surface area contributed by atoms with Crippen LogP contribution in [0.1, 0.15) is 19.4 Å². The second-order valence-corrected chi connectivity index (χ2v) is 3.69. The zero-order valence-corrected chi connectivity index (χ0v) is 8.87. The number of H-pyrrole nitrogens is 1. The van der Waals surface area contributed by atoms with Crippen LogP contribution in [0.15, 0.2) is 10.4 Å². The summed E-state index contributed by atoms with van der Waals surface area (Å²) in [5.74, 6) is 0.856. The number of hydrogen-bond donors (Lipinski definition) is 2. The lowest BCUT2D eigenvalue weighted by Gasteiger charge is -2.27. The Morgan fingerprint density at radius 3 is 3.07 bits per heavy atom. The summed E-state index contributed by atoms with van der Waals surface area (Å²) < 4.78 is 0. The van der Waals surface area contributed by atoms with Gasteiger partial charge in [0.2, 0.25) is 5.95 Å². The molecule has 15 heavy (non-hydrogen) atoms. The molecule has 0 radical (unpaired) electrons. The maximum absolute atomic E-state index is 11.6. The number of aromatic amines is 1. The van der Waals surface area contributed by atoms with E-state index in [-0.39, 0.29) is 11.5 Å². The maximum Gasteiger partial charge on any atom is 0.261 e. The van der Waals surface area contributed by atoms with Gasteiger partial charge in [-0.15, -0.1) is 0 Å². The van der Waals surface area contributed by atoms with Crippen LogP contribution < -0.4 is 16.2 Å². The van der Waals surface area contributed by atoms with Crippen LogP contribution in [-0.2, 0) is 0 Å². The van der Waals surface area contributed by atoms with Gasteiger partial charge in [0.1, 0.15) is 5.82 Å². The number of anilines is 2. The van der Waals surface area contributed by atoms with Gasteiger partial charge in [-0.25, -0.2) is 0 Å². The third kappa shape index (κ3) is 1.60. The van der Waals surface area contributed by atoms with Crippen LogP contribution in [-0.4, -0.2) is 23.1 Å². The summed E-state index contributed by atoms with van der Waals surface area (Å²) in [4.78, 5) is 20.4. The number of hydrogen-bond acceptors (Lipinski definition) is 4. The predicted molar refractivity (Wildman–Crippen MR) is 60.8 cm³/mol. The fourth-order valence-corrected chi connectivity index (χ4v) is 1.79. The molecular weight excluding hydrogens is 192 g/mol. The number of nitrogen functional groups attached to an aromatic ring is 1. The molecule has 2 heterocycles. The zero-order valence-electron chi connectivity index (χ0n) is 8.87. The van der Waals surface area contributed by atoms with Gasteiger partial charge in [0.25, 0.3) is 5.56 Å². The topological polar surface area (TPSA) is 75.0 Å². The molecule has 5 heteroatoms. The van der Waals surface area contributed by atoms with Gasteiger partial charge in [0.05, 0.1) is 5.56 Å². The Balaban J connectivity index is 2.66. The average Bonchev–Trinajstić information content (AvgIpc) is 2.18. The zero-order chi connectivity index (χ0) is 11.0. The summed E-state index contributed by atoms with van der Waals surface area (Å²) in [7, 11) is 0. The van der Waals surface area contributed by atoms with E-state index < -0.39 is 0 Å². The molecule has 0 aliphatic carbocycles. The highest BCUT2D eigenvalue weighted by atomic mass is 16.1. The van der Waals surface area contributed by atoms with Crippen LogP contribution in [0, 0.1) is 0 Å². The second-order valence-electron chi connectivity index (χ2n) is 3.69. The van der Waals surface area contributed by atoms with Crippen molar-refractivity contribution in [1.82, 2.24) is 9.97 Å². The first kappa shape index (κ1) is 9.76. The van der Waals surface area contributed by atoms with E-state index in [1.165, 1.54) is 0 Å². The van der Waals surface area contributed by atoms with Crippen LogP contribution in [0.2, 0.25) is 0 Å². The highest BCUT2D eigenvalue weighted by Crippen LogP contribution is 2.23. The highest BCUT2D eigenvalue weighted by Gasteiger charge is 2.19. The van der Waals surface area contributed by atoms with Crippen molar-refractivity contribution in [2.24, 2.45) is 0 Å². The minimum Gasteiger partial charge on any atom is -0.369 e. The Kier molecular flexibility index (Phi) is 2.22. The molecule has 0 saturated carbocycles. The molecule has 80 valence electrons. The molecule has 0 atom stereocenters. The molecule has 0 aromatic carbocycles. The first-order valence-electron chi connectivity index (χ1n) is 4.93. The number of nitrogens with one attached hydrogen (secondary N) is 1. The predicted octanol–water partition coefficient (Wildman–Crippen LogP) is 0.595. The van der Waals surface area contributed by atoms with Gasteiger partial charge < -0.3 is 10.6 Å². The molecule has 0 saturated heterocycles. The number of fused-ring (bicyclic) bond motifs is 1. The van der Waals surface area contributed by atoms with Crippen molar-refractivity contribution in [2.45, 2.75) is 13.8 Å². The molecule has 1 aromatic heterocycles. The van der Waals surface area contributed by atoms with E-state index >= 15 is 0 Å². The number of nitrogens with two attached hydrogens (primary N) is 1. The van der Waals surface area contributed by atoms with Gasteiger partial charge in [0.15, 0.2) is 0 Å². The number of likely N-dealkylation sites (N-methyl/N-ethyl adjacent to an activating group) is 1. The van der Waals surface area contributed by atoms with Crippen LogP contribution in [0.3, 0.4) is 0 Å². The third-order valence-electron chi connectivity index (χ3n) is 2.47. The Morgan fingerprint density at radius 2 is 2.40 bits per heavy atom. The van der Waals surface area contributed by atoms with Crippen molar-refractivity contribution in [3.05, 3.63) is 21.5 Å². The Bertz CT molecular complexity index is 475. The molecule has 0 bridgehead atoms. The molecular formula is C10H14N4O. The SMILES string of the molecule is CCN1CC(C)=Cc2c1nc(N)[nH]c2=O. The second kappa shape index (κ2) is 3.42. The summed E-state index contributed by atoms with van der Waals surface area (Å²) in [5.41, 5.74) is 7.11. The van der Waals surface area contributed by atoms with Crippen molar-refractivity contribution in [2.75, 3.05) is 23.7 Å². The fourth-order valence-electron chi connectivity index (χ4n) is 1.79. The van der Waals surface area contributed by atoms with E-state index in [1.54, 1.807) is 0 Å². The van der Waals surface area contributed by atoms with Crippen LogP contribution >= 0.6 is 0 Å². The van der Waals surface area contributed by atoms with Crippen molar-refractivity contribution in [1.29, 1.82) is 0 Å². The Hall–Kier alpha value is -1.78. The normalized spacial score (nSPS) is 14.8. The summed E-state index contributed by atoms with van der Waals surface area (Å²) in [5, 5.41) is 0. The van der Waals surface area contributed by atoms with Crippen LogP contribution in [0.4, 0.5) is 11.8 Å². The molecule has 0 unspecified atom stereocenters. The molecule has 1 aliphatic rings. The van der Waals surface area contributed by atoms with Gasteiger partial charge in [-0.05, 0) is 19.9 Å². The van der Waals surface area contributed by atoms with Crippen LogP contribution in [0.25, 0.3) is 6.08 Å². The van der Waals surface area contributed by atoms with Gasteiger partial charge in [-0.2, -0.15) is 4.98 Å². The molecule has 1 aliphatic heterocycles. The molecule has 0 amide bonds. The third-order valence-corrected chi connectivity index (χ3v) is 2.47. The summed E-state index contributed by atoms with van der Waals surface area (Å²) in [6.45, 7) is 5.65. The molecule has 0 spiro atoms. The molecule has 1 aromatic rings. The van der Waals surface area contributed by atoms with E-state index in [2.05, 4.69) is 9.97 Å². The van der Waals surface area contributed by atoms with E-state index in [1.807, 2.05) is 24.8 Å². The largest absolute Gasteiger partial charge is 0.369 e. The van der Waals surface area contributed by atoms with E-state index in [9.17, 15) is 4.79 Å². The van der Waals surface area contributed by atoms with Gasteiger partial charge in [0, 0.05) is 13.1 Å². The quantitative estimate of drug-likeness (QED) is 0.705. The Labute approximate surface area is 87.6 Å². The highest BCUT2D eigenvalue weighted by molar-refractivity contribution is 5.70. The minimum absolute atomic E-state index is 0.171. The first-order valence-corrected chi connectivity index (χ1v) is 4.93. The number of nitrogens with zero attached hydrogens (tertiary/aromatic N) is 2. The maximum atomic E-state index is 11.6. The van der Waals surface area contributed by atoms with E-state index in [0.29, 0.717) is 11.4 Å². The van der Waals surface area contributed by atoms with Crippen molar-refractivity contribution in [3.63, 3.8) is 0 Å². The van der Waals surface area contributed by atoms with E-state index in [0.717, 1.165) is 18.7 Å². The lowest BCUT2D eigenvalue weighted by Crippen LogP contribution is -2.32. The smallest absolute Gasteiger partial charge is 0.261 e. The van der Waals surface area contributed by atoms with Gasteiger partial charge >= 0.3 is 0 Å². The Morgan fingerprint density at radius 1 is 1.67 bits per heavy atom. The minimum atomic E-state index is -0.171. The lowest BCUT2D eigenvalue weighted by molar-refractivity contribution is 0.841. The van der Waals surface area contributed by atoms with E-state index in [4.69, 9.17) is 5.73 Å². The molecule has 2 rings (SSSR count). The van der Waals surface area contributed by atoms with Crippen LogP contribution in [0.5, 0.6) is 0 Å². The standard InChI is InChI=1S/C10H14N4O/c1-3-14-5-6(2)4-7-8(14)12-10(11)13-9(7)15/h4H,3,5H2,1-2H3,(H3,11,12,13,15). The average molecular weight is 206 g/mol. The van der Waals surface area contributed by atoms with Gasteiger partial charge in [-0.3, -0.25) is 9.78 Å². The monoisotopic (exact) mass is 206 g/mol. The van der Waals surface area contributed by atoms with Crippen molar-refractivity contribution >= 4 is 17.8 Å². The van der Waals surface area contributed by atoms with Crippen molar-refractivity contribution < 1.29 is 0 Å². The summed E-state index contributed by atoms with van der Waals surface area (Å²) >= 11 is 0. The first-order chi connectivity index (χ1) is 7.11. The molecule has 3 N–H and O–H groups in total. The van der Waals surface area contributed by atoms with Gasteiger partial charge in [-0.1, -0.05) is 5.57 Å². The van der Waals surface area contributed by atoms with Crippen molar-refractivity contribution in [3.8, 4) is 0 Å². The fraction of sp³-hybridized carbons (Fsp3) is 0.400. The molecule has 5 nitrogen and oxygen atoms in total. The lowest BCUT2D eigenvalue weighted by atomic mass is 10.1. The number of rotatable bonds is 1. The summed E-state index contributed by atoms with van der Waals surface area (Å²) in [6.07, 6.45) is 1.87. The number of aromatic nitrogens is 2. The molecule has 0 fully saturated rings. The summed E-state index contributed by atoms with van der Waals surface area (Å²) in [6, 6.07) is 0.